The van der Waals surface area contributed by atoms with Crippen LogP contribution in [-0.4, -0.2) is 46.7 Å². The highest BCUT2D eigenvalue weighted by Crippen LogP contribution is 2.59. The molecule has 6 rings (SSSR count). The zero-order valence-electron chi connectivity index (χ0n) is 22.0. The van der Waals surface area contributed by atoms with E-state index >= 15 is 0 Å². The molecule has 2 aromatic heterocycles. The van der Waals surface area contributed by atoms with Gasteiger partial charge in [0, 0.05) is 30.6 Å². The number of carbonyl (C=O) groups excluding carboxylic acids is 2. The highest BCUT2D eigenvalue weighted by atomic mass is 19.3. The number of methoxy groups -OCH3 is 1. The molecule has 0 radical (unpaired) electrons. The van der Waals surface area contributed by atoms with Crippen molar-refractivity contribution in [2.45, 2.75) is 51.7 Å². The van der Waals surface area contributed by atoms with Gasteiger partial charge in [-0.3, -0.25) is 9.59 Å². The monoisotopic (exact) mass is 557 g/mol. The Kier molecular flexibility index (Phi) is 7.43. The molecule has 0 atom stereocenters. The molecular formula is C28H30F3N5O4. The zero-order chi connectivity index (χ0) is 28.5. The largest absolute Gasteiger partial charge is 0.501 e. The number of hydrogen-bond donors (Lipinski definition) is 2. The summed E-state index contributed by atoms with van der Waals surface area (Å²) in [6.07, 6.45) is 7.29. The lowest BCUT2D eigenvalue weighted by Gasteiger charge is -2.53. The number of carbonyl (C=O) groups is 2. The second kappa shape index (κ2) is 10.8. The Balaban J connectivity index is 1.26. The molecule has 3 fully saturated rings. The lowest BCUT2D eigenvalue weighted by Crippen LogP contribution is -2.48. The van der Waals surface area contributed by atoms with Crippen molar-refractivity contribution >= 4 is 17.5 Å². The summed E-state index contributed by atoms with van der Waals surface area (Å²) in [5.74, 6) is -1.71. The van der Waals surface area contributed by atoms with Crippen LogP contribution in [-0.2, 0) is 11.3 Å². The summed E-state index contributed by atoms with van der Waals surface area (Å²) >= 11 is 0. The summed E-state index contributed by atoms with van der Waals surface area (Å²) in [6, 6.07) is 6.33. The van der Waals surface area contributed by atoms with Gasteiger partial charge in [-0.05, 0) is 61.6 Å². The molecule has 1 aromatic carbocycles. The van der Waals surface area contributed by atoms with Gasteiger partial charge in [-0.15, -0.1) is 0 Å². The van der Waals surface area contributed by atoms with E-state index in [2.05, 4.69) is 32.0 Å². The average molecular weight is 558 g/mol. The fraction of sp³-hybridized carbons (Fsp3) is 0.429. The Morgan fingerprint density at radius 3 is 2.48 bits per heavy atom. The first kappa shape index (κ1) is 27.5. The lowest BCUT2D eigenvalue weighted by atomic mass is 9.53. The Hall–Kier alpha value is -4.09. The molecule has 3 saturated carbocycles. The van der Waals surface area contributed by atoms with Crippen LogP contribution >= 0.6 is 0 Å². The molecule has 0 unspecified atom stereocenters. The van der Waals surface area contributed by atoms with Gasteiger partial charge in [0.25, 0.3) is 11.8 Å². The van der Waals surface area contributed by atoms with Gasteiger partial charge in [0.05, 0.1) is 19.1 Å². The number of halogens is 3. The minimum atomic E-state index is -3.18. The Labute approximate surface area is 228 Å². The number of fused-ring (bicyclic) bond motifs is 4. The highest BCUT2D eigenvalue weighted by Gasteiger charge is 2.50. The molecule has 3 aliphatic rings. The molecule has 9 nitrogen and oxygen atoms in total. The Morgan fingerprint density at radius 2 is 1.80 bits per heavy atom. The predicted molar refractivity (Wildman–Crippen MR) is 138 cm³/mol. The van der Waals surface area contributed by atoms with Gasteiger partial charge in [0.1, 0.15) is 11.4 Å². The van der Waals surface area contributed by atoms with E-state index < -0.39 is 24.1 Å². The zero-order valence-corrected chi connectivity index (χ0v) is 22.0. The second-order valence-corrected chi connectivity index (χ2v) is 10.5. The molecule has 212 valence electrons. The standard InChI is InChI=1S/C28H30F3N5O4/c1-17(39-2)28-9-6-27(7-10-28,8-11-28)16-33-25(38)21-14-20(35-23-5-12-34-36(21)23)24(37)32-15-18-3-4-19(29)22(13-18)40-26(30)31/h3-5,12-14,26H,1,6-11,15-16H2,2H3,(H,32,37)(H,33,38). The molecule has 0 saturated heterocycles. The normalized spacial score (nSPS) is 21.8. The molecule has 40 heavy (non-hydrogen) atoms. The lowest BCUT2D eigenvalue weighted by molar-refractivity contribution is -0.0522. The molecule has 2 amide bonds. The van der Waals surface area contributed by atoms with Gasteiger partial charge in [-0.2, -0.15) is 13.9 Å². The topological polar surface area (TPSA) is 107 Å². The SMILES string of the molecule is C=C(OC)C12CCC(CNC(=O)c3cc(C(=O)NCc4ccc(F)c(OC(F)F)c4)nc4ccnn34)(CC1)CC2. The van der Waals surface area contributed by atoms with Crippen molar-refractivity contribution in [2.24, 2.45) is 10.8 Å². The molecular weight excluding hydrogens is 527 g/mol. The number of hydrogen-bond acceptors (Lipinski definition) is 6. The van der Waals surface area contributed by atoms with E-state index in [0.29, 0.717) is 17.8 Å². The first-order valence-corrected chi connectivity index (χ1v) is 13.0. The van der Waals surface area contributed by atoms with Crippen molar-refractivity contribution in [2.75, 3.05) is 13.7 Å². The number of allylic oxidation sites excluding steroid dienone is 1. The highest BCUT2D eigenvalue weighted by molar-refractivity contribution is 5.98. The van der Waals surface area contributed by atoms with E-state index in [1.165, 1.54) is 22.8 Å². The van der Waals surface area contributed by atoms with Crippen LogP contribution in [0.4, 0.5) is 13.2 Å². The van der Waals surface area contributed by atoms with Crippen molar-refractivity contribution < 1.29 is 32.2 Å². The summed E-state index contributed by atoms with van der Waals surface area (Å²) in [5.41, 5.74) is 0.805. The van der Waals surface area contributed by atoms with E-state index in [4.69, 9.17) is 4.74 Å². The van der Waals surface area contributed by atoms with E-state index in [1.807, 2.05) is 0 Å². The number of amides is 2. The summed E-state index contributed by atoms with van der Waals surface area (Å²) in [6.45, 7) is 1.32. The molecule has 3 aliphatic carbocycles. The third-order valence-corrected chi connectivity index (χ3v) is 8.35. The predicted octanol–water partition coefficient (Wildman–Crippen LogP) is 4.63. The molecule has 0 aliphatic heterocycles. The van der Waals surface area contributed by atoms with E-state index in [9.17, 15) is 22.8 Å². The Morgan fingerprint density at radius 1 is 1.07 bits per heavy atom. The van der Waals surface area contributed by atoms with Gasteiger partial charge >= 0.3 is 6.61 Å². The van der Waals surface area contributed by atoms with Crippen LogP contribution in [0.2, 0.25) is 0 Å². The Bertz CT molecular complexity index is 1430. The van der Waals surface area contributed by atoms with E-state index in [0.717, 1.165) is 56.4 Å². The van der Waals surface area contributed by atoms with Crippen molar-refractivity contribution in [1.29, 1.82) is 0 Å². The van der Waals surface area contributed by atoms with Crippen molar-refractivity contribution in [1.82, 2.24) is 25.2 Å². The number of nitrogens with one attached hydrogen (secondary N) is 2. The van der Waals surface area contributed by atoms with Crippen LogP contribution in [0.25, 0.3) is 5.65 Å². The van der Waals surface area contributed by atoms with Crippen LogP contribution in [0.15, 0.2) is 48.9 Å². The summed E-state index contributed by atoms with van der Waals surface area (Å²) in [5, 5.41) is 9.84. The molecule has 3 aromatic rings. The maximum atomic E-state index is 13.7. The quantitative estimate of drug-likeness (QED) is 0.352. The number of aromatic nitrogens is 3. The van der Waals surface area contributed by atoms with Crippen LogP contribution < -0.4 is 15.4 Å². The number of nitrogens with zero attached hydrogens (tertiary/aromatic N) is 3. The first-order valence-electron chi connectivity index (χ1n) is 13.0. The van der Waals surface area contributed by atoms with Crippen LogP contribution in [0.3, 0.4) is 0 Å². The molecule has 2 heterocycles. The van der Waals surface area contributed by atoms with Crippen molar-refractivity contribution in [3.63, 3.8) is 0 Å². The van der Waals surface area contributed by atoms with E-state index in [-0.39, 0.29) is 34.7 Å². The van der Waals surface area contributed by atoms with Gasteiger partial charge < -0.3 is 20.1 Å². The van der Waals surface area contributed by atoms with Gasteiger partial charge in [0.15, 0.2) is 17.2 Å². The van der Waals surface area contributed by atoms with Crippen molar-refractivity contribution in [3.8, 4) is 5.75 Å². The average Bonchev–Trinajstić information content (AvgIpc) is 3.45. The summed E-state index contributed by atoms with van der Waals surface area (Å²) < 4.78 is 49.8. The number of alkyl halides is 2. The fourth-order valence-corrected chi connectivity index (χ4v) is 5.83. The third kappa shape index (κ3) is 5.34. The molecule has 2 bridgehead atoms. The summed E-state index contributed by atoms with van der Waals surface area (Å²) in [7, 11) is 1.66. The maximum Gasteiger partial charge on any atom is 0.387 e. The molecule has 2 N–H and O–H groups in total. The molecule has 0 spiro atoms. The fourth-order valence-electron chi connectivity index (χ4n) is 5.83. The summed E-state index contributed by atoms with van der Waals surface area (Å²) in [4.78, 5) is 30.5. The first-order chi connectivity index (χ1) is 19.1. The minimum Gasteiger partial charge on any atom is -0.501 e. The van der Waals surface area contributed by atoms with Crippen molar-refractivity contribution in [3.05, 3.63) is 71.6 Å². The number of benzene rings is 1. The number of ether oxygens (including phenoxy) is 2. The number of rotatable bonds is 10. The van der Waals surface area contributed by atoms with Crippen LogP contribution in [0.5, 0.6) is 5.75 Å². The van der Waals surface area contributed by atoms with Gasteiger partial charge in [0.2, 0.25) is 0 Å². The minimum absolute atomic E-state index is 0.00391. The van der Waals surface area contributed by atoms with Gasteiger partial charge in [-0.1, -0.05) is 12.6 Å². The smallest absolute Gasteiger partial charge is 0.387 e. The second-order valence-electron chi connectivity index (χ2n) is 10.5. The maximum absolute atomic E-state index is 13.7. The molecule has 12 heteroatoms. The van der Waals surface area contributed by atoms with Gasteiger partial charge in [-0.25, -0.2) is 13.9 Å². The van der Waals surface area contributed by atoms with Crippen LogP contribution in [0.1, 0.15) is 65.1 Å². The van der Waals surface area contributed by atoms with E-state index in [1.54, 1.807) is 13.2 Å². The van der Waals surface area contributed by atoms with Crippen LogP contribution in [0, 0.1) is 16.6 Å². The third-order valence-electron chi connectivity index (χ3n) is 8.35.